The molecule has 0 aliphatic carbocycles. The third kappa shape index (κ3) is 4.47. The number of nitrogens with one attached hydrogen (secondary N) is 1. The molecule has 0 bridgehead atoms. The second kappa shape index (κ2) is 8.42. The number of esters is 1. The van der Waals surface area contributed by atoms with Crippen molar-refractivity contribution in [1.82, 2.24) is 9.88 Å². The Bertz CT molecular complexity index is 797. The van der Waals surface area contributed by atoms with Crippen molar-refractivity contribution in [1.29, 1.82) is 0 Å². The Hall–Kier alpha value is -2.25. The van der Waals surface area contributed by atoms with Gasteiger partial charge in [-0.05, 0) is 51.1 Å². The average molecular weight is 373 g/mol. The molecule has 2 aromatic rings. The van der Waals surface area contributed by atoms with Gasteiger partial charge in [0.2, 0.25) is 0 Å². The summed E-state index contributed by atoms with van der Waals surface area (Å²) >= 11 is 1.44. The number of rotatable bonds is 5. The number of thiazole rings is 1. The van der Waals surface area contributed by atoms with Crippen molar-refractivity contribution in [3.8, 4) is 0 Å². The highest BCUT2D eigenvalue weighted by molar-refractivity contribution is 7.13. The number of carbonyl (C=O) groups is 2. The van der Waals surface area contributed by atoms with Gasteiger partial charge in [0, 0.05) is 5.69 Å². The molecule has 1 saturated heterocycles. The minimum Gasteiger partial charge on any atom is -0.465 e. The van der Waals surface area contributed by atoms with Crippen LogP contribution in [-0.2, 0) is 11.3 Å². The number of ether oxygens (including phenoxy) is 1. The van der Waals surface area contributed by atoms with Crippen molar-refractivity contribution in [2.45, 2.75) is 32.7 Å². The number of carbonyl (C=O) groups excluding carboxylic acids is 2. The largest absolute Gasteiger partial charge is 0.465 e. The quantitative estimate of drug-likeness (QED) is 0.813. The first kappa shape index (κ1) is 18.5. The number of amides is 1. The topological polar surface area (TPSA) is 71.5 Å². The third-order valence-electron chi connectivity index (χ3n) is 4.40. The van der Waals surface area contributed by atoms with Crippen LogP contribution in [0.5, 0.6) is 0 Å². The molecule has 1 aliphatic rings. The smallest absolute Gasteiger partial charge is 0.337 e. The molecule has 1 aliphatic heterocycles. The molecule has 3 rings (SSSR count). The van der Waals surface area contributed by atoms with E-state index in [0.29, 0.717) is 16.1 Å². The van der Waals surface area contributed by atoms with Crippen LogP contribution in [0.1, 0.15) is 50.0 Å². The fraction of sp³-hybridized carbons (Fsp3) is 0.421. The number of piperidine rings is 1. The lowest BCUT2D eigenvalue weighted by molar-refractivity contribution is 0.0600. The number of anilines is 1. The summed E-state index contributed by atoms with van der Waals surface area (Å²) < 4.78 is 4.71. The van der Waals surface area contributed by atoms with E-state index < -0.39 is 5.97 Å². The van der Waals surface area contributed by atoms with Crippen LogP contribution in [0.4, 0.5) is 5.69 Å². The summed E-state index contributed by atoms with van der Waals surface area (Å²) in [7, 11) is 1.33. The lowest BCUT2D eigenvalue weighted by Crippen LogP contribution is -2.28. The number of nitrogens with zero attached hydrogens (tertiary/aromatic N) is 2. The number of benzene rings is 1. The molecule has 1 amide bonds. The van der Waals surface area contributed by atoms with Crippen LogP contribution < -0.4 is 5.32 Å². The molecule has 0 atom stereocenters. The molecule has 0 radical (unpaired) electrons. The van der Waals surface area contributed by atoms with E-state index in [1.807, 2.05) is 6.92 Å². The first-order valence-corrected chi connectivity index (χ1v) is 9.57. The molecule has 1 aromatic heterocycles. The van der Waals surface area contributed by atoms with E-state index in [4.69, 9.17) is 4.74 Å². The fourth-order valence-electron chi connectivity index (χ4n) is 3.07. The van der Waals surface area contributed by atoms with E-state index in [1.54, 1.807) is 24.3 Å². The standard InChI is InChI=1S/C19H23N3O3S/c1-13-17(26-16(20-13)12-22-9-4-3-5-10-22)18(23)21-15-8-6-7-14(11-15)19(24)25-2/h6-8,11H,3-5,9-10,12H2,1-2H3,(H,21,23). The highest BCUT2D eigenvalue weighted by Crippen LogP contribution is 2.23. The van der Waals surface area contributed by atoms with Gasteiger partial charge in [-0.2, -0.15) is 0 Å². The number of aryl methyl sites for hydroxylation is 1. The SMILES string of the molecule is COC(=O)c1cccc(NC(=O)c2sc(CN3CCCCC3)nc2C)c1. The normalized spacial score (nSPS) is 14.8. The van der Waals surface area contributed by atoms with Gasteiger partial charge in [0.15, 0.2) is 0 Å². The molecule has 1 N–H and O–H groups in total. The maximum absolute atomic E-state index is 12.6. The Balaban J connectivity index is 1.69. The molecule has 2 heterocycles. The van der Waals surface area contributed by atoms with Gasteiger partial charge in [0.05, 0.1) is 24.9 Å². The van der Waals surface area contributed by atoms with Crippen molar-refractivity contribution < 1.29 is 14.3 Å². The second-order valence-corrected chi connectivity index (χ2v) is 7.47. The van der Waals surface area contributed by atoms with Gasteiger partial charge in [0.1, 0.15) is 9.88 Å². The number of hydrogen-bond acceptors (Lipinski definition) is 6. The van der Waals surface area contributed by atoms with Crippen molar-refractivity contribution >= 4 is 28.9 Å². The molecule has 0 saturated carbocycles. The van der Waals surface area contributed by atoms with E-state index in [1.165, 1.54) is 37.7 Å². The highest BCUT2D eigenvalue weighted by Gasteiger charge is 2.18. The molecular weight excluding hydrogens is 350 g/mol. The van der Waals surface area contributed by atoms with Crippen LogP contribution in [0.15, 0.2) is 24.3 Å². The lowest BCUT2D eigenvalue weighted by atomic mass is 10.1. The van der Waals surface area contributed by atoms with Gasteiger partial charge in [-0.15, -0.1) is 11.3 Å². The van der Waals surface area contributed by atoms with Crippen molar-refractivity contribution in [2.24, 2.45) is 0 Å². The van der Waals surface area contributed by atoms with Crippen LogP contribution in [0, 0.1) is 6.92 Å². The first-order valence-electron chi connectivity index (χ1n) is 8.75. The van der Waals surface area contributed by atoms with E-state index in [-0.39, 0.29) is 5.91 Å². The van der Waals surface area contributed by atoms with E-state index >= 15 is 0 Å². The molecule has 26 heavy (non-hydrogen) atoms. The average Bonchev–Trinajstić information content (AvgIpc) is 3.02. The third-order valence-corrected chi connectivity index (χ3v) is 5.54. The maximum atomic E-state index is 12.6. The molecule has 6 nitrogen and oxygen atoms in total. The molecule has 1 aromatic carbocycles. The van der Waals surface area contributed by atoms with E-state index in [9.17, 15) is 9.59 Å². The van der Waals surface area contributed by atoms with Crippen LogP contribution in [-0.4, -0.2) is 42.0 Å². The summed E-state index contributed by atoms with van der Waals surface area (Å²) in [4.78, 5) is 31.8. The summed E-state index contributed by atoms with van der Waals surface area (Å²) in [6.07, 6.45) is 3.76. The fourth-order valence-corrected chi connectivity index (χ4v) is 4.07. The van der Waals surface area contributed by atoms with Crippen molar-refractivity contribution in [2.75, 3.05) is 25.5 Å². The number of methoxy groups -OCH3 is 1. The predicted molar refractivity (Wildman–Crippen MR) is 102 cm³/mol. The Morgan fingerprint density at radius 2 is 2.04 bits per heavy atom. The Morgan fingerprint density at radius 1 is 1.27 bits per heavy atom. The summed E-state index contributed by atoms with van der Waals surface area (Å²) in [5.41, 5.74) is 1.70. The first-order chi connectivity index (χ1) is 12.6. The minimum absolute atomic E-state index is 0.202. The molecule has 138 valence electrons. The van der Waals surface area contributed by atoms with Gasteiger partial charge in [0.25, 0.3) is 5.91 Å². The monoisotopic (exact) mass is 373 g/mol. The molecular formula is C19H23N3O3S. The highest BCUT2D eigenvalue weighted by atomic mass is 32.1. The Kier molecular flexibility index (Phi) is 6.00. The van der Waals surface area contributed by atoms with Gasteiger partial charge in [-0.3, -0.25) is 9.69 Å². The van der Waals surface area contributed by atoms with Crippen molar-refractivity contribution in [3.63, 3.8) is 0 Å². The molecule has 1 fully saturated rings. The van der Waals surface area contributed by atoms with E-state index in [2.05, 4.69) is 15.2 Å². The maximum Gasteiger partial charge on any atom is 0.337 e. The summed E-state index contributed by atoms with van der Waals surface area (Å²) in [6, 6.07) is 6.71. The lowest BCUT2D eigenvalue weighted by Gasteiger charge is -2.25. The summed E-state index contributed by atoms with van der Waals surface area (Å²) in [6.45, 7) is 4.85. The van der Waals surface area contributed by atoms with E-state index in [0.717, 1.165) is 30.3 Å². The van der Waals surface area contributed by atoms with Crippen LogP contribution >= 0.6 is 11.3 Å². The van der Waals surface area contributed by atoms with Gasteiger partial charge in [-0.1, -0.05) is 12.5 Å². The van der Waals surface area contributed by atoms with Gasteiger partial charge >= 0.3 is 5.97 Å². The number of hydrogen-bond donors (Lipinski definition) is 1. The van der Waals surface area contributed by atoms with Crippen LogP contribution in [0.2, 0.25) is 0 Å². The molecule has 7 heteroatoms. The minimum atomic E-state index is -0.432. The Labute approximate surface area is 157 Å². The van der Waals surface area contributed by atoms with Crippen LogP contribution in [0.25, 0.3) is 0 Å². The summed E-state index contributed by atoms with van der Waals surface area (Å²) in [5.74, 6) is -0.634. The number of likely N-dealkylation sites (tertiary alicyclic amines) is 1. The zero-order chi connectivity index (χ0) is 18.5. The molecule has 0 spiro atoms. The zero-order valence-electron chi connectivity index (χ0n) is 15.1. The predicted octanol–water partition coefficient (Wildman–Crippen LogP) is 3.48. The molecule has 0 unspecified atom stereocenters. The van der Waals surface area contributed by atoms with Crippen LogP contribution in [0.3, 0.4) is 0 Å². The zero-order valence-corrected chi connectivity index (χ0v) is 15.9. The van der Waals surface area contributed by atoms with Gasteiger partial charge in [-0.25, -0.2) is 9.78 Å². The number of aromatic nitrogens is 1. The van der Waals surface area contributed by atoms with Gasteiger partial charge < -0.3 is 10.1 Å². The Morgan fingerprint density at radius 3 is 2.77 bits per heavy atom. The second-order valence-electron chi connectivity index (χ2n) is 6.39. The van der Waals surface area contributed by atoms with Crippen molar-refractivity contribution in [3.05, 3.63) is 45.4 Å². The summed E-state index contributed by atoms with van der Waals surface area (Å²) in [5, 5.41) is 3.82.